The lowest BCUT2D eigenvalue weighted by atomic mass is 9.77. The molecule has 2 aliphatic rings. The van der Waals surface area contributed by atoms with Gasteiger partial charge in [0.25, 0.3) is 0 Å². The third-order valence-corrected chi connectivity index (χ3v) is 5.84. The minimum atomic E-state index is 0.529. The van der Waals surface area contributed by atoms with E-state index in [1.807, 2.05) is 13.1 Å². The summed E-state index contributed by atoms with van der Waals surface area (Å²) < 4.78 is 0. The molecule has 0 saturated heterocycles. The van der Waals surface area contributed by atoms with Crippen molar-refractivity contribution < 1.29 is 0 Å². The van der Waals surface area contributed by atoms with Gasteiger partial charge in [-0.2, -0.15) is 0 Å². The molecule has 2 nitrogen and oxygen atoms in total. The van der Waals surface area contributed by atoms with Gasteiger partial charge in [0.05, 0.1) is 12.1 Å². The van der Waals surface area contributed by atoms with Gasteiger partial charge >= 0.3 is 0 Å². The number of rotatable bonds is 4. The molecular formula is C26H52N2. The molecule has 4 atom stereocenters. The Labute approximate surface area is 178 Å². The molecule has 0 aromatic heterocycles. The highest BCUT2D eigenvalue weighted by molar-refractivity contribution is 5.61. The predicted molar refractivity (Wildman–Crippen MR) is 130 cm³/mol. The summed E-state index contributed by atoms with van der Waals surface area (Å²) in [6.45, 7) is 19.9. The fourth-order valence-electron chi connectivity index (χ4n) is 3.66. The molecule has 0 spiro atoms. The summed E-state index contributed by atoms with van der Waals surface area (Å²) in [7, 11) is 0. The van der Waals surface area contributed by atoms with Gasteiger partial charge in [-0.25, -0.2) is 0 Å². The van der Waals surface area contributed by atoms with Crippen LogP contribution in [0.3, 0.4) is 0 Å². The Morgan fingerprint density at radius 3 is 1.64 bits per heavy atom. The fraction of sp³-hybridized carbons (Fsp3) is 0.923. The maximum Gasteiger partial charge on any atom is 0.0525 e. The number of nitrogens with zero attached hydrogens (tertiary/aromatic N) is 2. The highest BCUT2D eigenvalue weighted by Crippen LogP contribution is 2.33. The lowest BCUT2D eigenvalue weighted by Crippen LogP contribution is -2.34. The van der Waals surface area contributed by atoms with E-state index in [2.05, 4.69) is 66.6 Å². The second-order valence-electron chi connectivity index (χ2n) is 10.2. The Kier molecular flexibility index (Phi) is 15.8. The van der Waals surface area contributed by atoms with Crippen LogP contribution in [0.5, 0.6) is 0 Å². The number of hydrogen-bond acceptors (Lipinski definition) is 2. The average molecular weight is 393 g/mol. The van der Waals surface area contributed by atoms with Gasteiger partial charge in [-0.05, 0) is 68.4 Å². The van der Waals surface area contributed by atoms with Crippen molar-refractivity contribution in [1.82, 2.24) is 0 Å². The van der Waals surface area contributed by atoms with E-state index >= 15 is 0 Å². The zero-order chi connectivity index (χ0) is 21.5. The molecule has 0 radical (unpaired) electrons. The van der Waals surface area contributed by atoms with E-state index in [0.717, 1.165) is 17.8 Å². The minimum Gasteiger partial charge on any atom is -0.294 e. The number of aliphatic imine (C=N–C) groups is 2. The largest absolute Gasteiger partial charge is 0.294 e. The van der Waals surface area contributed by atoms with Crippen molar-refractivity contribution in [2.24, 2.45) is 39.6 Å². The number of hydrogen-bond donors (Lipinski definition) is 0. The molecule has 0 amide bonds. The molecule has 2 aliphatic carbocycles. The van der Waals surface area contributed by atoms with E-state index in [1.165, 1.54) is 51.4 Å². The SMILES string of the molecule is CC(C)C.CC=NC1CC(C)C(N=CC2CCCCC2)CC1C.CCC(C)C. The van der Waals surface area contributed by atoms with E-state index in [4.69, 9.17) is 4.99 Å². The predicted octanol–water partition coefficient (Wildman–Crippen LogP) is 8.25. The standard InChI is InChI=1S/C17H30N2.C5H12.C4H10/c1-4-18-16-10-14(3)17(11-13(16)2)19-12-15-8-6-5-7-9-15;1-4-5(2)3;1-4(2)3/h4,12-17H,5-11H2,1-3H3;5H,4H2,1-3H3;4H,1-3H3. The molecule has 166 valence electrons. The second-order valence-corrected chi connectivity index (χ2v) is 10.2. The molecule has 0 aliphatic heterocycles. The Balaban J connectivity index is 0.000000681. The lowest BCUT2D eigenvalue weighted by Gasteiger charge is -2.35. The molecule has 0 N–H and O–H groups in total. The van der Waals surface area contributed by atoms with Crippen LogP contribution >= 0.6 is 0 Å². The monoisotopic (exact) mass is 392 g/mol. The van der Waals surface area contributed by atoms with Gasteiger partial charge in [0.2, 0.25) is 0 Å². The third-order valence-electron chi connectivity index (χ3n) is 5.84. The molecule has 2 fully saturated rings. The summed E-state index contributed by atoms with van der Waals surface area (Å²) in [6, 6.07) is 1.07. The van der Waals surface area contributed by atoms with Gasteiger partial charge in [0.1, 0.15) is 0 Å². The summed E-state index contributed by atoms with van der Waals surface area (Å²) in [5.74, 6) is 3.85. The summed E-state index contributed by atoms with van der Waals surface area (Å²) in [5, 5.41) is 0. The fourth-order valence-corrected chi connectivity index (χ4v) is 3.66. The molecule has 0 aromatic rings. The zero-order valence-electron chi connectivity index (χ0n) is 20.7. The summed E-state index contributed by atoms with van der Waals surface area (Å²) in [6.07, 6.45) is 15.0. The molecule has 2 heteroatoms. The van der Waals surface area contributed by atoms with Gasteiger partial charge in [0, 0.05) is 6.21 Å². The molecule has 0 heterocycles. The first-order valence-corrected chi connectivity index (χ1v) is 12.2. The van der Waals surface area contributed by atoms with Crippen LogP contribution in [0, 0.1) is 29.6 Å². The van der Waals surface area contributed by atoms with Crippen LogP contribution in [0.25, 0.3) is 0 Å². The van der Waals surface area contributed by atoms with Crippen LogP contribution in [-0.4, -0.2) is 24.5 Å². The Morgan fingerprint density at radius 2 is 1.25 bits per heavy atom. The Hall–Kier alpha value is -0.660. The maximum atomic E-state index is 4.96. The molecule has 2 saturated carbocycles. The zero-order valence-corrected chi connectivity index (χ0v) is 20.7. The van der Waals surface area contributed by atoms with Crippen LogP contribution in [0.2, 0.25) is 0 Å². The molecule has 4 unspecified atom stereocenters. The van der Waals surface area contributed by atoms with Crippen LogP contribution in [-0.2, 0) is 0 Å². The Morgan fingerprint density at radius 1 is 0.821 bits per heavy atom. The van der Waals surface area contributed by atoms with Crippen LogP contribution < -0.4 is 0 Å². The van der Waals surface area contributed by atoms with E-state index in [-0.39, 0.29) is 0 Å². The van der Waals surface area contributed by atoms with Gasteiger partial charge in [0.15, 0.2) is 0 Å². The van der Waals surface area contributed by atoms with E-state index in [0.29, 0.717) is 23.9 Å². The van der Waals surface area contributed by atoms with Crippen LogP contribution in [0.4, 0.5) is 0 Å². The van der Waals surface area contributed by atoms with Crippen molar-refractivity contribution in [3.63, 3.8) is 0 Å². The van der Waals surface area contributed by atoms with Crippen LogP contribution in [0.15, 0.2) is 9.98 Å². The van der Waals surface area contributed by atoms with Crippen molar-refractivity contribution in [1.29, 1.82) is 0 Å². The molecule has 0 aromatic carbocycles. The highest BCUT2D eigenvalue weighted by atomic mass is 14.8. The maximum absolute atomic E-state index is 4.96. The average Bonchev–Trinajstić information content (AvgIpc) is 2.64. The summed E-state index contributed by atoms with van der Waals surface area (Å²) in [4.78, 5) is 9.58. The van der Waals surface area contributed by atoms with Gasteiger partial charge in [-0.1, -0.05) is 81.1 Å². The van der Waals surface area contributed by atoms with E-state index in [9.17, 15) is 0 Å². The van der Waals surface area contributed by atoms with Crippen molar-refractivity contribution in [2.75, 3.05) is 0 Å². The second kappa shape index (κ2) is 16.2. The normalized spacial score (nSPS) is 29.0. The third kappa shape index (κ3) is 13.5. The molecular weight excluding hydrogens is 340 g/mol. The molecule has 2 rings (SSSR count). The topological polar surface area (TPSA) is 24.7 Å². The summed E-state index contributed by atoms with van der Waals surface area (Å²) >= 11 is 0. The van der Waals surface area contributed by atoms with Crippen molar-refractivity contribution in [3.05, 3.63) is 0 Å². The van der Waals surface area contributed by atoms with Crippen molar-refractivity contribution in [2.45, 2.75) is 126 Å². The van der Waals surface area contributed by atoms with Gasteiger partial charge < -0.3 is 0 Å². The first kappa shape index (κ1) is 27.3. The van der Waals surface area contributed by atoms with Gasteiger partial charge in [-0.15, -0.1) is 0 Å². The van der Waals surface area contributed by atoms with E-state index in [1.54, 1.807) is 0 Å². The highest BCUT2D eigenvalue weighted by Gasteiger charge is 2.31. The molecule has 28 heavy (non-hydrogen) atoms. The smallest absolute Gasteiger partial charge is 0.0525 e. The quantitative estimate of drug-likeness (QED) is 0.430. The Bertz CT molecular complexity index is 402. The first-order chi connectivity index (χ1) is 13.2. The molecule has 0 bridgehead atoms. The van der Waals surface area contributed by atoms with Crippen molar-refractivity contribution >= 4 is 12.4 Å². The minimum absolute atomic E-state index is 0.529. The summed E-state index contributed by atoms with van der Waals surface area (Å²) in [5.41, 5.74) is 0. The lowest BCUT2D eigenvalue weighted by molar-refractivity contribution is 0.235. The first-order valence-electron chi connectivity index (χ1n) is 12.2. The van der Waals surface area contributed by atoms with Gasteiger partial charge in [-0.3, -0.25) is 9.98 Å². The van der Waals surface area contributed by atoms with Crippen molar-refractivity contribution in [3.8, 4) is 0 Å². The van der Waals surface area contributed by atoms with E-state index < -0.39 is 0 Å². The van der Waals surface area contributed by atoms with Crippen LogP contribution in [0.1, 0.15) is 114 Å².